The van der Waals surface area contributed by atoms with Gasteiger partial charge in [0.25, 0.3) is 0 Å². The standard InChI is InChI=1S/C19H16/c1-2-8-16-13-17-12-15-7-5-4-6-14(15)10-11-19(17)18(16)9-3-1/h1-9,13H,10-12H2. The minimum absolute atomic E-state index is 1.09. The highest BCUT2D eigenvalue weighted by molar-refractivity contribution is 5.74. The molecule has 19 heavy (non-hydrogen) atoms. The average molecular weight is 244 g/mol. The number of rotatable bonds is 0. The Bertz CT molecular complexity index is 709. The second kappa shape index (κ2) is 4.24. The average Bonchev–Trinajstić information content (AvgIpc) is 2.62. The number of benzene rings is 1. The third-order valence-corrected chi connectivity index (χ3v) is 4.26. The Morgan fingerprint density at radius 3 is 2.37 bits per heavy atom. The van der Waals surface area contributed by atoms with Crippen LogP contribution < -0.4 is 0 Å². The molecule has 0 aromatic heterocycles. The van der Waals surface area contributed by atoms with Gasteiger partial charge in [0.05, 0.1) is 0 Å². The summed E-state index contributed by atoms with van der Waals surface area (Å²) in [4.78, 5) is 0. The van der Waals surface area contributed by atoms with E-state index in [1.165, 1.54) is 40.7 Å². The first-order valence-electron chi connectivity index (χ1n) is 6.98. The lowest BCUT2D eigenvalue weighted by Gasteiger charge is -2.04. The second-order valence-electron chi connectivity index (χ2n) is 5.37. The molecule has 1 aromatic carbocycles. The fourth-order valence-corrected chi connectivity index (χ4v) is 3.30. The van der Waals surface area contributed by atoms with Crippen LogP contribution in [0.4, 0.5) is 0 Å². The van der Waals surface area contributed by atoms with Crippen molar-refractivity contribution in [2.45, 2.75) is 19.3 Å². The van der Waals surface area contributed by atoms with Crippen molar-refractivity contribution in [3.05, 3.63) is 82.9 Å². The molecule has 92 valence electrons. The Kier molecular flexibility index (Phi) is 2.41. The van der Waals surface area contributed by atoms with Crippen LogP contribution in [0.15, 0.2) is 60.7 Å². The van der Waals surface area contributed by atoms with Crippen molar-refractivity contribution in [2.24, 2.45) is 0 Å². The first-order chi connectivity index (χ1) is 9.42. The van der Waals surface area contributed by atoms with Crippen molar-refractivity contribution < 1.29 is 0 Å². The molecule has 0 atom stereocenters. The van der Waals surface area contributed by atoms with Crippen molar-refractivity contribution in [2.75, 3.05) is 0 Å². The summed E-state index contributed by atoms with van der Waals surface area (Å²) in [5.74, 6) is 0. The highest BCUT2D eigenvalue weighted by Crippen LogP contribution is 2.35. The lowest BCUT2D eigenvalue weighted by Crippen LogP contribution is -1.91. The lowest BCUT2D eigenvalue weighted by atomic mass is 10.0. The number of hydrogen-bond donors (Lipinski definition) is 0. The minimum atomic E-state index is 1.09. The van der Waals surface area contributed by atoms with Gasteiger partial charge in [0.2, 0.25) is 0 Å². The topological polar surface area (TPSA) is 0 Å². The summed E-state index contributed by atoms with van der Waals surface area (Å²) in [5, 5.41) is 0. The van der Waals surface area contributed by atoms with Crippen LogP contribution in [0.1, 0.15) is 22.3 Å². The van der Waals surface area contributed by atoms with Crippen molar-refractivity contribution in [1.29, 1.82) is 0 Å². The van der Waals surface area contributed by atoms with Gasteiger partial charge >= 0.3 is 0 Å². The molecule has 0 heterocycles. The zero-order valence-electron chi connectivity index (χ0n) is 10.9. The molecule has 3 aliphatic rings. The predicted octanol–water partition coefficient (Wildman–Crippen LogP) is 4.48. The fourth-order valence-electron chi connectivity index (χ4n) is 3.30. The summed E-state index contributed by atoms with van der Waals surface area (Å²) < 4.78 is 0. The zero-order chi connectivity index (χ0) is 12.7. The normalized spacial score (nSPS) is 13.7. The van der Waals surface area contributed by atoms with Crippen molar-refractivity contribution in [1.82, 2.24) is 0 Å². The van der Waals surface area contributed by atoms with E-state index < -0.39 is 0 Å². The summed E-state index contributed by atoms with van der Waals surface area (Å²) in [6, 6.07) is 22.2. The molecule has 0 unspecified atom stereocenters. The Hall–Kier alpha value is -2.08. The van der Waals surface area contributed by atoms with Gasteiger partial charge in [-0.3, -0.25) is 0 Å². The number of hydrogen-bond acceptors (Lipinski definition) is 0. The monoisotopic (exact) mass is 244 g/mol. The van der Waals surface area contributed by atoms with Gasteiger partial charge < -0.3 is 0 Å². The zero-order valence-corrected chi connectivity index (χ0v) is 10.9. The van der Waals surface area contributed by atoms with E-state index in [2.05, 4.69) is 60.7 Å². The largest absolute Gasteiger partial charge is 0.0622 e. The van der Waals surface area contributed by atoms with Crippen LogP contribution >= 0.6 is 0 Å². The Labute approximate surface area is 114 Å². The van der Waals surface area contributed by atoms with Gasteiger partial charge in [0.15, 0.2) is 0 Å². The van der Waals surface area contributed by atoms with Gasteiger partial charge in [0, 0.05) is 0 Å². The molecular formula is C19H16. The van der Waals surface area contributed by atoms with E-state index in [1.807, 2.05) is 0 Å². The van der Waals surface area contributed by atoms with E-state index in [4.69, 9.17) is 0 Å². The lowest BCUT2D eigenvalue weighted by molar-refractivity contribution is 0.971. The molecule has 0 spiro atoms. The smallest absolute Gasteiger partial charge is 0.00199 e. The molecule has 0 aliphatic heterocycles. The van der Waals surface area contributed by atoms with Gasteiger partial charge in [-0.15, -0.1) is 0 Å². The van der Waals surface area contributed by atoms with Gasteiger partial charge in [-0.2, -0.15) is 0 Å². The predicted molar refractivity (Wildman–Crippen MR) is 79.7 cm³/mol. The molecule has 0 nitrogen and oxygen atoms in total. The first kappa shape index (κ1) is 10.8. The molecule has 0 radical (unpaired) electrons. The Morgan fingerprint density at radius 2 is 1.42 bits per heavy atom. The molecule has 0 amide bonds. The molecule has 0 bridgehead atoms. The SMILES string of the molecule is c1ccc2cc3c(c-2cc1)CCc1ccccc1C3. The molecule has 0 N–H and O–H groups in total. The van der Waals surface area contributed by atoms with Crippen LogP contribution in [-0.4, -0.2) is 0 Å². The summed E-state index contributed by atoms with van der Waals surface area (Å²) in [6.45, 7) is 0. The quantitative estimate of drug-likeness (QED) is 0.547. The van der Waals surface area contributed by atoms with E-state index in [0.717, 1.165) is 6.42 Å². The molecule has 3 aliphatic carbocycles. The Balaban J connectivity index is 1.91. The first-order valence-corrected chi connectivity index (χ1v) is 6.98. The van der Waals surface area contributed by atoms with Gasteiger partial charge in [-0.25, -0.2) is 0 Å². The van der Waals surface area contributed by atoms with Crippen molar-refractivity contribution >= 4 is 0 Å². The molecule has 4 rings (SSSR count). The van der Waals surface area contributed by atoms with Crippen LogP contribution in [-0.2, 0) is 19.3 Å². The number of aryl methyl sites for hydroxylation is 1. The summed E-state index contributed by atoms with van der Waals surface area (Å²) in [7, 11) is 0. The van der Waals surface area contributed by atoms with Crippen LogP contribution in [0.25, 0.3) is 11.1 Å². The maximum absolute atomic E-state index is 2.38. The maximum atomic E-state index is 2.38. The highest BCUT2D eigenvalue weighted by Gasteiger charge is 2.19. The van der Waals surface area contributed by atoms with E-state index in [0.29, 0.717) is 0 Å². The van der Waals surface area contributed by atoms with E-state index in [-0.39, 0.29) is 0 Å². The molecule has 0 saturated carbocycles. The highest BCUT2D eigenvalue weighted by atomic mass is 14.2. The summed E-state index contributed by atoms with van der Waals surface area (Å²) in [5.41, 5.74) is 8.92. The van der Waals surface area contributed by atoms with Crippen LogP contribution in [0, 0.1) is 0 Å². The van der Waals surface area contributed by atoms with Gasteiger partial charge in [0.1, 0.15) is 0 Å². The molecule has 1 aromatic rings. The van der Waals surface area contributed by atoms with E-state index in [1.54, 1.807) is 5.56 Å². The van der Waals surface area contributed by atoms with Crippen molar-refractivity contribution in [3.8, 4) is 11.1 Å². The van der Waals surface area contributed by atoms with Gasteiger partial charge in [-0.1, -0.05) is 60.7 Å². The third-order valence-electron chi connectivity index (χ3n) is 4.26. The van der Waals surface area contributed by atoms with Crippen LogP contribution in [0.5, 0.6) is 0 Å². The van der Waals surface area contributed by atoms with Crippen molar-refractivity contribution in [3.63, 3.8) is 0 Å². The second-order valence-corrected chi connectivity index (χ2v) is 5.37. The molecule has 0 fully saturated rings. The van der Waals surface area contributed by atoms with Crippen LogP contribution in [0.2, 0.25) is 0 Å². The number of fused-ring (bicyclic) bond motifs is 4. The maximum Gasteiger partial charge on any atom is -0.00199 e. The van der Waals surface area contributed by atoms with E-state index in [9.17, 15) is 0 Å². The molecule has 0 saturated heterocycles. The fraction of sp³-hybridized carbons (Fsp3) is 0.158. The van der Waals surface area contributed by atoms with Crippen LogP contribution in [0.3, 0.4) is 0 Å². The summed E-state index contributed by atoms with van der Waals surface area (Å²) >= 11 is 0. The van der Waals surface area contributed by atoms with Gasteiger partial charge in [-0.05, 0) is 52.6 Å². The third kappa shape index (κ3) is 1.76. The summed E-state index contributed by atoms with van der Waals surface area (Å²) in [6.07, 6.45) is 3.42. The Morgan fingerprint density at radius 1 is 0.632 bits per heavy atom. The van der Waals surface area contributed by atoms with E-state index >= 15 is 0 Å². The molecule has 0 heteroatoms. The molecular weight excluding hydrogens is 228 g/mol. The minimum Gasteiger partial charge on any atom is -0.0622 e.